The van der Waals surface area contributed by atoms with Gasteiger partial charge in [0.2, 0.25) is 5.89 Å². The third kappa shape index (κ3) is 4.79. The first-order valence-electron chi connectivity index (χ1n) is 8.41. The molecule has 2 aromatic rings. The maximum atomic E-state index is 13.3. The second kappa shape index (κ2) is 9.16. The van der Waals surface area contributed by atoms with Gasteiger partial charge in [-0.05, 0) is 57.1 Å². The number of oxazole rings is 1. The molecule has 2 heterocycles. The maximum absolute atomic E-state index is 13.3. The second-order valence-electron chi connectivity index (χ2n) is 6.11. The molecule has 1 aliphatic heterocycles. The van der Waals surface area contributed by atoms with Crippen LogP contribution in [0.2, 0.25) is 0 Å². The molecule has 1 saturated heterocycles. The van der Waals surface area contributed by atoms with E-state index in [4.69, 9.17) is 4.42 Å². The maximum Gasteiger partial charge on any atom is 0.226 e. The lowest BCUT2D eigenvalue weighted by atomic mass is 10.0. The van der Waals surface area contributed by atoms with Gasteiger partial charge in [0.05, 0.1) is 5.69 Å². The number of piperidine rings is 1. The summed E-state index contributed by atoms with van der Waals surface area (Å²) in [5.41, 5.74) is 1.59. The van der Waals surface area contributed by atoms with Crippen molar-refractivity contribution < 1.29 is 8.81 Å². The summed E-state index contributed by atoms with van der Waals surface area (Å²) in [6.45, 7) is 6.22. The summed E-state index contributed by atoms with van der Waals surface area (Å²) in [4.78, 5) is 7.04. The Balaban J connectivity index is 0.00000208. The molecule has 3 rings (SSSR count). The first-order chi connectivity index (χ1) is 11.3. The van der Waals surface area contributed by atoms with Crippen molar-refractivity contribution in [3.63, 3.8) is 0 Å². The molecule has 24 heavy (non-hydrogen) atoms. The highest BCUT2D eigenvalue weighted by atomic mass is 35.5. The lowest BCUT2D eigenvalue weighted by Crippen LogP contribution is -2.43. The molecule has 1 aromatic carbocycles. The van der Waals surface area contributed by atoms with E-state index in [1.54, 1.807) is 12.3 Å². The van der Waals surface area contributed by atoms with E-state index in [1.165, 1.54) is 25.0 Å². The fourth-order valence-corrected chi connectivity index (χ4v) is 3.19. The Morgan fingerprint density at radius 1 is 1.33 bits per heavy atom. The van der Waals surface area contributed by atoms with E-state index in [1.807, 2.05) is 6.07 Å². The number of nitrogens with zero attached hydrogens (tertiary/aromatic N) is 2. The molecule has 0 spiro atoms. The van der Waals surface area contributed by atoms with Crippen LogP contribution in [-0.4, -0.2) is 35.6 Å². The van der Waals surface area contributed by atoms with Crippen LogP contribution < -0.4 is 5.32 Å². The number of nitrogens with one attached hydrogen (secondary N) is 1. The first kappa shape index (κ1) is 18.9. The van der Waals surface area contributed by atoms with Crippen LogP contribution in [-0.2, 0) is 6.54 Å². The highest BCUT2D eigenvalue weighted by Crippen LogP contribution is 2.21. The Morgan fingerprint density at radius 2 is 2.12 bits per heavy atom. The normalized spacial score (nSPS) is 15.5. The fraction of sp³-hybridized carbons (Fsp3) is 0.500. The largest absolute Gasteiger partial charge is 0.444 e. The molecule has 0 radical (unpaired) electrons. The molecule has 0 unspecified atom stereocenters. The average molecular weight is 354 g/mol. The quantitative estimate of drug-likeness (QED) is 0.856. The Kier molecular flexibility index (Phi) is 7.21. The van der Waals surface area contributed by atoms with Crippen LogP contribution in [0.25, 0.3) is 11.5 Å². The van der Waals surface area contributed by atoms with Crippen molar-refractivity contribution in [2.24, 2.45) is 0 Å². The molecule has 6 heteroatoms. The van der Waals surface area contributed by atoms with Gasteiger partial charge in [-0.15, -0.1) is 12.4 Å². The van der Waals surface area contributed by atoms with Gasteiger partial charge in [0.25, 0.3) is 0 Å². The van der Waals surface area contributed by atoms with E-state index in [2.05, 4.69) is 22.1 Å². The standard InChI is InChI=1S/C18H24FN3O.ClH/c1-2-10-22(17-6-8-20-9-7-17)12-16-13-23-18(21-16)14-4-3-5-15(19)11-14;/h3-5,11,13,17,20H,2,6-10,12H2,1H3;1H. The zero-order chi connectivity index (χ0) is 16.1. The van der Waals surface area contributed by atoms with Crippen LogP contribution in [0.15, 0.2) is 34.9 Å². The number of benzene rings is 1. The van der Waals surface area contributed by atoms with E-state index in [0.29, 0.717) is 17.5 Å². The third-order valence-electron chi connectivity index (χ3n) is 4.32. The van der Waals surface area contributed by atoms with Gasteiger partial charge in [0.15, 0.2) is 0 Å². The molecule has 1 fully saturated rings. The van der Waals surface area contributed by atoms with Crippen LogP contribution in [0.1, 0.15) is 31.9 Å². The predicted molar refractivity (Wildman–Crippen MR) is 95.7 cm³/mol. The van der Waals surface area contributed by atoms with Crippen LogP contribution in [0.5, 0.6) is 0 Å². The molecule has 132 valence electrons. The SMILES string of the molecule is CCCN(Cc1coc(-c2cccc(F)c2)n1)C1CCNCC1.Cl. The van der Waals surface area contributed by atoms with Crippen LogP contribution >= 0.6 is 12.4 Å². The lowest BCUT2D eigenvalue weighted by molar-refractivity contribution is 0.152. The van der Waals surface area contributed by atoms with E-state index in [9.17, 15) is 4.39 Å². The van der Waals surface area contributed by atoms with Gasteiger partial charge < -0.3 is 9.73 Å². The summed E-state index contributed by atoms with van der Waals surface area (Å²) < 4.78 is 18.9. The summed E-state index contributed by atoms with van der Waals surface area (Å²) in [5, 5.41) is 3.41. The van der Waals surface area contributed by atoms with E-state index >= 15 is 0 Å². The van der Waals surface area contributed by atoms with Gasteiger partial charge in [-0.1, -0.05) is 13.0 Å². The van der Waals surface area contributed by atoms with Crippen LogP contribution in [0, 0.1) is 5.82 Å². The van der Waals surface area contributed by atoms with Crippen molar-refractivity contribution >= 4 is 12.4 Å². The summed E-state index contributed by atoms with van der Waals surface area (Å²) in [6, 6.07) is 6.97. The average Bonchev–Trinajstić information content (AvgIpc) is 3.04. The summed E-state index contributed by atoms with van der Waals surface area (Å²) in [5.74, 6) is 0.214. The molecular weight excluding hydrogens is 329 g/mol. The van der Waals surface area contributed by atoms with Crippen molar-refractivity contribution in [1.82, 2.24) is 15.2 Å². The van der Waals surface area contributed by atoms with Crippen molar-refractivity contribution in [1.29, 1.82) is 0 Å². The summed E-state index contributed by atoms with van der Waals surface area (Å²) in [6.07, 6.45) is 5.17. The molecule has 0 atom stereocenters. The Morgan fingerprint density at radius 3 is 2.83 bits per heavy atom. The molecule has 0 amide bonds. The third-order valence-corrected chi connectivity index (χ3v) is 4.32. The fourth-order valence-electron chi connectivity index (χ4n) is 3.19. The number of rotatable bonds is 6. The van der Waals surface area contributed by atoms with Crippen molar-refractivity contribution in [2.45, 2.75) is 38.8 Å². The van der Waals surface area contributed by atoms with Crippen molar-refractivity contribution in [3.05, 3.63) is 42.0 Å². The molecule has 1 aromatic heterocycles. The molecule has 0 bridgehead atoms. The number of aromatic nitrogens is 1. The Bertz CT molecular complexity index is 628. The lowest BCUT2D eigenvalue weighted by Gasteiger charge is -2.33. The molecule has 0 saturated carbocycles. The first-order valence-corrected chi connectivity index (χ1v) is 8.41. The predicted octanol–water partition coefficient (Wildman–Crippen LogP) is 3.87. The Hall–Kier alpha value is -1.43. The van der Waals surface area contributed by atoms with Gasteiger partial charge in [0, 0.05) is 18.2 Å². The van der Waals surface area contributed by atoms with Gasteiger partial charge in [-0.25, -0.2) is 9.37 Å². The molecule has 1 N–H and O–H groups in total. The monoisotopic (exact) mass is 353 g/mol. The van der Waals surface area contributed by atoms with E-state index in [-0.39, 0.29) is 18.2 Å². The van der Waals surface area contributed by atoms with E-state index in [0.717, 1.165) is 38.3 Å². The highest BCUT2D eigenvalue weighted by Gasteiger charge is 2.21. The zero-order valence-electron chi connectivity index (χ0n) is 14.0. The number of hydrogen-bond acceptors (Lipinski definition) is 4. The topological polar surface area (TPSA) is 41.3 Å². The second-order valence-corrected chi connectivity index (χ2v) is 6.11. The minimum Gasteiger partial charge on any atom is -0.444 e. The summed E-state index contributed by atoms with van der Waals surface area (Å²) >= 11 is 0. The van der Waals surface area contributed by atoms with Gasteiger partial charge in [-0.3, -0.25) is 4.90 Å². The van der Waals surface area contributed by atoms with E-state index < -0.39 is 0 Å². The highest BCUT2D eigenvalue weighted by molar-refractivity contribution is 5.85. The van der Waals surface area contributed by atoms with Crippen molar-refractivity contribution in [3.8, 4) is 11.5 Å². The van der Waals surface area contributed by atoms with Crippen LogP contribution in [0.4, 0.5) is 4.39 Å². The van der Waals surface area contributed by atoms with Crippen LogP contribution in [0.3, 0.4) is 0 Å². The molecule has 4 nitrogen and oxygen atoms in total. The zero-order valence-corrected chi connectivity index (χ0v) is 14.8. The van der Waals surface area contributed by atoms with Gasteiger partial charge in [-0.2, -0.15) is 0 Å². The minimum absolute atomic E-state index is 0. The Labute approximate surface area is 148 Å². The smallest absolute Gasteiger partial charge is 0.226 e. The van der Waals surface area contributed by atoms with Gasteiger partial charge in [0.1, 0.15) is 12.1 Å². The number of hydrogen-bond donors (Lipinski definition) is 1. The number of halogens is 2. The minimum atomic E-state index is -0.274. The van der Waals surface area contributed by atoms with Gasteiger partial charge >= 0.3 is 0 Å². The molecule has 0 aliphatic carbocycles. The summed E-state index contributed by atoms with van der Waals surface area (Å²) in [7, 11) is 0. The van der Waals surface area contributed by atoms with Crippen molar-refractivity contribution in [2.75, 3.05) is 19.6 Å². The molecule has 1 aliphatic rings. The molecular formula is C18H25ClFN3O.